The lowest BCUT2D eigenvalue weighted by Crippen LogP contribution is -2.51. The van der Waals surface area contributed by atoms with Crippen molar-refractivity contribution in [1.82, 2.24) is 15.6 Å². The van der Waals surface area contributed by atoms with Gasteiger partial charge in [0.15, 0.2) is 0 Å². The highest BCUT2D eigenvalue weighted by Gasteiger charge is 2.24. The van der Waals surface area contributed by atoms with Crippen LogP contribution in [0.15, 0.2) is 30.5 Å². The number of hydrogen-bond donors (Lipinski definition) is 3. The molecule has 0 saturated carbocycles. The summed E-state index contributed by atoms with van der Waals surface area (Å²) in [5.74, 6) is 0.349. The molecular formula is C14H18ClN3O. The normalized spacial score (nSPS) is 14.7. The molecule has 3 N–H and O–H groups in total. The van der Waals surface area contributed by atoms with Gasteiger partial charge in [0.1, 0.15) is 0 Å². The maximum atomic E-state index is 11.7. The number of nitrogens with one attached hydrogen (secondary N) is 3. The summed E-state index contributed by atoms with van der Waals surface area (Å²) in [5.41, 5.74) is 2.42. The molecule has 1 saturated heterocycles. The smallest absolute Gasteiger partial charge is 0.225 e. The van der Waals surface area contributed by atoms with Crippen LogP contribution in [0.25, 0.3) is 10.9 Å². The van der Waals surface area contributed by atoms with E-state index in [-0.39, 0.29) is 24.2 Å². The molecule has 1 aromatic carbocycles. The molecule has 0 radical (unpaired) electrons. The molecule has 1 aliphatic heterocycles. The number of rotatable bonds is 4. The first kappa shape index (κ1) is 13.9. The van der Waals surface area contributed by atoms with Crippen LogP contribution in [0, 0.1) is 5.92 Å². The van der Waals surface area contributed by atoms with Gasteiger partial charge in [0.05, 0.1) is 5.92 Å². The lowest BCUT2D eigenvalue weighted by atomic mass is 10.0. The van der Waals surface area contributed by atoms with Gasteiger partial charge in [-0.05, 0) is 18.1 Å². The van der Waals surface area contributed by atoms with Crippen molar-refractivity contribution in [3.8, 4) is 0 Å². The number of amides is 1. The fraction of sp³-hybridized carbons (Fsp3) is 0.357. The number of H-pyrrole nitrogens is 1. The Morgan fingerprint density at radius 2 is 2.11 bits per heavy atom. The van der Waals surface area contributed by atoms with Gasteiger partial charge in [-0.2, -0.15) is 0 Å². The van der Waals surface area contributed by atoms with Crippen LogP contribution in [0.5, 0.6) is 0 Å². The Morgan fingerprint density at radius 1 is 1.32 bits per heavy atom. The van der Waals surface area contributed by atoms with E-state index in [9.17, 15) is 4.79 Å². The third-order valence-electron chi connectivity index (χ3n) is 3.52. The Balaban J connectivity index is 0.00000133. The van der Waals surface area contributed by atoms with Gasteiger partial charge in [-0.3, -0.25) is 4.79 Å². The minimum atomic E-state index is 0. The number of fused-ring (bicyclic) bond motifs is 1. The number of hydrogen-bond acceptors (Lipinski definition) is 2. The molecule has 3 rings (SSSR count). The van der Waals surface area contributed by atoms with Crippen LogP contribution in [0.3, 0.4) is 0 Å². The molecule has 0 bridgehead atoms. The van der Waals surface area contributed by atoms with Crippen molar-refractivity contribution in [3.05, 3.63) is 36.0 Å². The van der Waals surface area contributed by atoms with Gasteiger partial charge in [0.2, 0.25) is 5.91 Å². The molecule has 1 aliphatic rings. The molecule has 19 heavy (non-hydrogen) atoms. The Hall–Kier alpha value is -1.52. The molecule has 4 nitrogen and oxygen atoms in total. The van der Waals surface area contributed by atoms with Crippen molar-refractivity contribution in [1.29, 1.82) is 0 Å². The molecule has 0 aliphatic carbocycles. The summed E-state index contributed by atoms with van der Waals surface area (Å²) in [5, 5.41) is 7.35. The molecule has 0 unspecified atom stereocenters. The highest BCUT2D eigenvalue weighted by molar-refractivity contribution is 5.85. The Bertz CT molecular complexity index is 563. The summed E-state index contributed by atoms with van der Waals surface area (Å²) in [6.07, 6.45) is 2.90. The number of carbonyl (C=O) groups is 1. The average Bonchev–Trinajstić information content (AvgIpc) is 2.71. The van der Waals surface area contributed by atoms with E-state index in [1.165, 1.54) is 10.9 Å². The van der Waals surface area contributed by atoms with Gasteiger partial charge in [-0.25, -0.2) is 0 Å². The number of carbonyl (C=O) groups excluding carboxylic acids is 1. The van der Waals surface area contributed by atoms with E-state index >= 15 is 0 Å². The van der Waals surface area contributed by atoms with Crippen molar-refractivity contribution < 1.29 is 4.79 Å². The molecule has 2 heterocycles. The standard InChI is InChI=1S/C14H17N3O.ClH/c18-14(11-7-15-8-11)16-6-5-10-9-17-13-4-2-1-3-12(10)13;/h1-4,9,11,15,17H,5-8H2,(H,16,18);1H. The number of benzene rings is 1. The minimum Gasteiger partial charge on any atom is -0.361 e. The SMILES string of the molecule is Cl.O=C(NCCc1c[nH]c2ccccc12)C1CNC1. The van der Waals surface area contributed by atoms with E-state index in [2.05, 4.69) is 27.8 Å². The van der Waals surface area contributed by atoms with Crippen LogP contribution in [0.2, 0.25) is 0 Å². The van der Waals surface area contributed by atoms with Gasteiger partial charge < -0.3 is 15.6 Å². The fourth-order valence-electron chi connectivity index (χ4n) is 2.28. The first-order valence-corrected chi connectivity index (χ1v) is 6.38. The Kier molecular flexibility index (Phi) is 4.45. The van der Waals surface area contributed by atoms with E-state index < -0.39 is 0 Å². The maximum Gasteiger partial charge on any atom is 0.225 e. The van der Waals surface area contributed by atoms with E-state index in [1.807, 2.05) is 18.3 Å². The molecule has 1 fully saturated rings. The number of aromatic nitrogens is 1. The van der Waals surface area contributed by atoms with Crippen LogP contribution in [0.1, 0.15) is 5.56 Å². The molecule has 2 aromatic rings. The van der Waals surface area contributed by atoms with Crippen LogP contribution in [-0.4, -0.2) is 30.5 Å². The van der Waals surface area contributed by atoms with Crippen molar-refractivity contribution in [2.24, 2.45) is 5.92 Å². The monoisotopic (exact) mass is 279 g/mol. The quantitative estimate of drug-likeness (QED) is 0.794. The van der Waals surface area contributed by atoms with E-state index in [4.69, 9.17) is 0 Å². The van der Waals surface area contributed by atoms with Gasteiger partial charge in [-0.15, -0.1) is 12.4 Å². The van der Waals surface area contributed by atoms with E-state index in [0.29, 0.717) is 6.54 Å². The lowest BCUT2D eigenvalue weighted by Gasteiger charge is -2.25. The van der Waals surface area contributed by atoms with Crippen molar-refractivity contribution in [2.75, 3.05) is 19.6 Å². The van der Waals surface area contributed by atoms with Gasteiger partial charge in [0.25, 0.3) is 0 Å². The molecule has 1 aromatic heterocycles. The molecule has 1 amide bonds. The first-order chi connectivity index (χ1) is 8.84. The summed E-state index contributed by atoms with van der Waals surface area (Å²) in [6.45, 7) is 2.34. The summed E-state index contributed by atoms with van der Waals surface area (Å²) < 4.78 is 0. The zero-order valence-corrected chi connectivity index (χ0v) is 11.4. The summed E-state index contributed by atoms with van der Waals surface area (Å²) >= 11 is 0. The molecule has 0 spiro atoms. The number of halogens is 1. The third-order valence-corrected chi connectivity index (χ3v) is 3.52. The van der Waals surface area contributed by atoms with Crippen LogP contribution in [0.4, 0.5) is 0 Å². The van der Waals surface area contributed by atoms with Crippen molar-refractivity contribution in [3.63, 3.8) is 0 Å². The third kappa shape index (κ3) is 2.91. The summed E-state index contributed by atoms with van der Waals surface area (Å²) in [6, 6.07) is 8.24. The predicted molar refractivity (Wildman–Crippen MR) is 78.6 cm³/mol. The maximum absolute atomic E-state index is 11.7. The number of aromatic amines is 1. The van der Waals surface area contributed by atoms with Gasteiger partial charge in [0, 0.05) is 36.7 Å². The second kappa shape index (κ2) is 6.08. The topological polar surface area (TPSA) is 56.9 Å². The average molecular weight is 280 g/mol. The first-order valence-electron chi connectivity index (χ1n) is 6.38. The molecule has 5 heteroatoms. The molecular weight excluding hydrogens is 262 g/mol. The molecule has 0 atom stereocenters. The van der Waals surface area contributed by atoms with E-state index in [0.717, 1.165) is 25.0 Å². The zero-order chi connectivity index (χ0) is 12.4. The largest absolute Gasteiger partial charge is 0.361 e. The van der Waals surface area contributed by atoms with E-state index in [1.54, 1.807) is 0 Å². The second-order valence-corrected chi connectivity index (χ2v) is 4.76. The van der Waals surface area contributed by atoms with Crippen molar-refractivity contribution >= 4 is 29.2 Å². The molecule has 102 valence electrons. The minimum absolute atomic E-state index is 0. The summed E-state index contributed by atoms with van der Waals surface area (Å²) in [4.78, 5) is 14.9. The highest BCUT2D eigenvalue weighted by atomic mass is 35.5. The van der Waals surface area contributed by atoms with Crippen LogP contribution < -0.4 is 10.6 Å². The van der Waals surface area contributed by atoms with Crippen LogP contribution in [-0.2, 0) is 11.2 Å². The zero-order valence-electron chi connectivity index (χ0n) is 10.6. The van der Waals surface area contributed by atoms with Crippen molar-refractivity contribution in [2.45, 2.75) is 6.42 Å². The second-order valence-electron chi connectivity index (χ2n) is 4.76. The predicted octanol–water partition coefficient (Wildman–Crippen LogP) is 1.47. The highest BCUT2D eigenvalue weighted by Crippen LogP contribution is 2.17. The van der Waals surface area contributed by atoms with Gasteiger partial charge in [-0.1, -0.05) is 18.2 Å². The number of para-hydroxylation sites is 1. The Labute approximate surface area is 118 Å². The lowest BCUT2D eigenvalue weighted by molar-refractivity contribution is -0.126. The van der Waals surface area contributed by atoms with Crippen LogP contribution >= 0.6 is 12.4 Å². The van der Waals surface area contributed by atoms with Gasteiger partial charge >= 0.3 is 0 Å². The fourth-order valence-corrected chi connectivity index (χ4v) is 2.28. The Morgan fingerprint density at radius 3 is 2.84 bits per heavy atom. The summed E-state index contributed by atoms with van der Waals surface area (Å²) in [7, 11) is 0.